The second-order valence-electron chi connectivity index (χ2n) is 4.72. The molecule has 0 aliphatic heterocycles. The van der Waals surface area contributed by atoms with Crippen molar-refractivity contribution in [1.82, 2.24) is 0 Å². The molecule has 3 atom stereocenters. The lowest BCUT2D eigenvalue weighted by molar-refractivity contribution is 0.478. The molecule has 2 heteroatoms. The van der Waals surface area contributed by atoms with E-state index in [4.69, 9.17) is 5.73 Å². The average molecular weight is 207 g/mol. The first kappa shape index (κ1) is 10.6. The van der Waals surface area contributed by atoms with Gasteiger partial charge in [-0.05, 0) is 48.8 Å². The van der Waals surface area contributed by atoms with Crippen molar-refractivity contribution in [3.8, 4) is 0 Å². The van der Waals surface area contributed by atoms with Crippen molar-refractivity contribution in [2.45, 2.75) is 38.6 Å². The molecule has 0 heterocycles. The first-order valence-electron chi connectivity index (χ1n) is 5.61. The van der Waals surface area contributed by atoms with Crippen molar-refractivity contribution in [3.05, 3.63) is 35.1 Å². The van der Waals surface area contributed by atoms with Crippen molar-refractivity contribution in [2.24, 2.45) is 11.7 Å². The lowest BCUT2D eigenvalue weighted by atomic mass is 9.88. The van der Waals surface area contributed by atoms with Gasteiger partial charge in [0.25, 0.3) is 0 Å². The van der Waals surface area contributed by atoms with Crippen molar-refractivity contribution in [1.29, 1.82) is 0 Å². The Balaban J connectivity index is 2.26. The summed E-state index contributed by atoms with van der Waals surface area (Å²) in [5.41, 5.74) is 7.98. The van der Waals surface area contributed by atoms with Crippen LogP contribution in [0.3, 0.4) is 0 Å². The fraction of sp³-hybridized carbons (Fsp3) is 0.538. The van der Waals surface area contributed by atoms with Gasteiger partial charge in [-0.25, -0.2) is 4.39 Å². The highest BCUT2D eigenvalue weighted by atomic mass is 19.1. The molecule has 1 fully saturated rings. The Hall–Kier alpha value is -0.890. The second-order valence-corrected chi connectivity index (χ2v) is 4.72. The van der Waals surface area contributed by atoms with Crippen LogP contribution < -0.4 is 5.73 Å². The number of rotatable bonds is 1. The number of benzene rings is 1. The smallest absolute Gasteiger partial charge is 0.126 e. The molecule has 2 N–H and O–H groups in total. The first-order chi connectivity index (χ1) is 7.09. The lowest BCUT2D eigenvalue weighted by Crippen LogP contribution is -2.24. The van der Waals surface area contributed by atoms with Crippen LogP contribution in [-0.4, -0.2) is 6.04 Å². The van der Waals surface area contributed by atoms with Gasteiger partial charge in [-0.2, -0.15) is 0 Å². The summed E-state index contributed by atoms with van der Waals surface area (Å²) in [5, 5.41) is 0. The molecule has 0 bridgehead atoms. The van der Waals surface area contributed by atoms with E-state index in [2.05, 4.69) is 6.92 Å². The summed E-state index contributed by atoms with van der Waals surface area (Å²) >= 11 is 0. The Morgan fingerprint density at radius 3 is 2.60 bits per heavy atom. The van der Waals surface area contributed by atoms with E-state index in [9.17, 15) is 4.39 Å². The summed E-state index contributed by atoms with van der Waals surface area (Å²) in [6.07, 6.45) is 2.22. The summed E-state index contributed by atoms with van der Waals surface area (Å²) in [7, 11) is 0. The summed E-state index contributed by atoms with van der Waals surface area (Å²) in [4.78, 5) is 0. The van der Waals surface area contributed by atoms with Gasteiger partial charge in [0, 0.05) is 6.04 Å². The molecule has 1 nitrogen and oxygen atoms in total. The molecule has 0 amide bonds. The van der Waals surface area contributed by atoms with Crippen LogP contribution in [0, 0.1) is 18.7 Å². The molecule has 1 aromatic rings. The summed E-state index contributed by atoms with van der Waals surface area (Å²) in [6.45, 7) is 4.01. The van der Waals surface area contributed by atoms with E-state index in [1.54, 1.807) is 6.07 Å². The van der Waals surface area contributed by atoms with Crippen LogP contribution >= 0.6 is 0 Å². The van der Waals surface area contributed by atoms with Crippen molar-refractivity contribution >= 4 is 0 Å². The predicted molar refractivity (Wildman–Crippen MR) is 60.3 cm³/mol. The maximum atomic E-state index is 13.1. The predicted octanol–water partition coefficient (Wildman–Crippen LogP) is 2.97. The van der Waals surface area contributed by atoms with Crippen molar-refractivity contribution in [3.63, 3.8) is 0 Å². The maximum absolute atomic E-state index is 13.1. The van der Waals surface area contributed by atoms with Gasteiger partial charge in [0.15, 0.2) is 0 Å². The molecule has 0 spiro atoms. The van der Waals surface area contributed by atoms with Crippen LogP contribution in [0.4, 0.5) is 4.39 Å². The quantitative estimate of drug-likeness (QED) is 0.752. The number of hydrogen-bond acceptors (Lipinski definition) is 1. The van der Waals surface area contributed by atoms with E-state index < -0.39 is 0 Å². The largest absolute Gasteiger partial charge is 0.327 e. The van der Waals surface area contributed by atoms with Gasteiger partial charge in [0.2, 0.25) is 0 Å². The van der Waals surface area contributed by atoms with Gasteiger partial charge in [-0.3, -0.25) is 0 Å². The average Bonchev–Trinajstić information content (AvgIpc) is 2.53. The van der Waals surface area contributed by atoms with Crippen molar-refractivity contribution in [2.75, 3.05) is 0 Å². The summed E-state index contributed by atoms with van der Waals surface area (Å²) in [6, 6.07) is 5.75. The zero-order valence-electron chi connectivity index (χ0n) is 9.33. The Labute approximate surface area is 90.5 Å². The molecular weight excluding hydrogens is 189 g/mol. The Bertz CT molecular complexity index is 362. The third-order valence-corrected chi connectivity index (χ3v) is 3.73. The minimum absolute atomic E-state index is 0.117. The minimum atomic E-state index is -0.117. The molecule has 2 rings (SSSR count). The Kier molecular flexibility index (Phi) is 2.79. The number of hydrogen-bond donors (Lipinski definition) is 1. The standard InChI is InChI=1S/C13H18FN/c1-8-7-10(3-5-12(8)14)11-4-6-13(15)9(11)2/h3,5,7,9,11,13H,4,6,15H2,1-2H3. The van der Waals surface area contributed by atoms with Crippen LogP contribution in [0.2, 0.25) is 0 Å². The van der Waals surface area contributed by atoms with Crippen LogP contribution in [-0.2, 0) is 0 Å². The Morgan fingerprint density at radius 2 is 2.07 bits per heavy atom. The zero-order chi connectivity index (χ0) is 11.0. The third kappa shape index (κ3) is 1.91. The minimum Gasteiger partial charge on any atom is -0.327 e. The highest BCUT2D eigenvalue weighted by Gasteiger charge is 2.31. The maximum Gasteiger partial charge on any atom is 0.126 e. The van der Waals surface area contributed by atoms with E-state index in [1.165, 1.54) is 5.56 Å². The normalized spacial score (nSPS) is 30.8. The summed E-state index contributed by atoms with van der Waals surface area (Å²) < 4.78 is 13.1. The van der Waals surface area contributed by atoms with Crippen LogP contribution in [0.25, 0.3) is 0 Å². The highest BCUT2D eigenvalue weighted by molar-refractivity contribution is 5.28. The van der Waals surface area contributed by atoms with E-state index in [1.807, 2.05) is 19.1 Å². The van der Waals surface area contributed by atoms with Gasteiger partial charge in [-0.1, -0.05) is 19.1 Å². The number of halogens is 1. The molecule has 82 valence electrons. The molecule has 3 unspecified atom stereocenters. The monoisotopic (exact) mass is 207 g/mol. The third-order valence-electron chi connectivity index (χ3n) is 3.73. The Morgan fingerprint density at radius 1 is 1.33 bits per heavy atom. The van der Waals surface area contributed by atoms with E-state index >= 15 is 0 Å². The fourth-order valence-corrected chi connectivity index (χ4v) is 2.56. The van der Waals surface area contributed by atoms with Crippen molar-refractivity contribution < 1.29 is 4.39 Å². The van der Waals surface area contributed by atoms with Gasteiger partial charge in [-0.15, -0.1) is 0 Å². The number of aryl methyl sites for hydroxylation is 1. The molecule has 0 saturated heterocycles. The van der Waals surface area contributed by atoms with Gasteiger partial charge >= 0.3 is 0 Å². The van der Waals surface area contributed by atoms with Gasteiger partial charge < -0.3 is 5.73 Å². The molecular formula is C13H18FN. The SMILES string of the molecule is Cc1cc(C2CCC(N)C2C)ccc1F. The second kappa shape index (κ2) is 3.93. The van der Waals surface area contributed by atoms with E-state index in [0.717, 1.165) is 18.4 Å². The highest BCUT2D eigenvalue weighted by Crippen LogP contribution is 2.38. The lowest BCUT2D eigenvalue weighted by Gasteiger charge is -2.18. The van der Waals surface area contributed by atoms with Crippen LogP contribution in [0.1, 0.15) is 36.8 Å². The van der Waals surface area contributed by atoms with Gasteiger partial charge in [0.05, 0.1) is 0 Å². The molecule has 0 aromatic heterocycles. The van der Waals surface area contributed by atoms with E-state index in [-0.39, 0.29) is 5.82 Å². The summed E-state index contributed by atoms with van der Waals surface area (Å²) in [5.74, 6) is 0.905. The molecule has 1 aliphatic rings. The molecule has 1 aliphatic carbocycles. The molecule has 0 radical (unpaired) electrons. The zero-order valence-corrected chi connectivity index (χ0v) is 9.33. The molecule has 1 saturated carbocycles. The number of nitrogens with two attached hydrogens (primary N) is 1. The van der Waals surface area contributed by atoms with Gasteiger partial charge in [0.1, 0.15) is 5.82 Å². The first-order valence-corrected chi connectivity index (χ1v) is 5.61. The van der Waals surface area contributed by atoms with E-state index in [0.29, 0.717) is 17.9 Å². The van der Waals surface area contributed by atoms with Crippen LogP contribution in [0.15, 0.2) is 18.2 Å². The topological polar surface area (TPSA) is 26.0 Å². The fourth-order valence-electron chi connectivity index (χ4n) is 2.56. The molecule has 1 aromatic carbocycles. The molecule has 15 heavy (non-hydrogen) atoms. The van der Waals surface area contributed by atoms with Crippen LogP contribution in [0.5, 0.6) is 0 Å².